The summed E-state index contributed by atoms with van der Waals surface area (Å²) in [6, 6.07) is 14.4. The number of amides is 2. The lowest BCUT2D eigenvalue weighted by molar-refractivity contribution is 0.122. The van der Waals surface area contributed by atoms with Gasteiger partial charge in [-0.15, -0.1) is 0 Å². The molecule has 0 radical (unpaired) electrons. The number of aromatic nitrogens is 3. The van der Waals surface area contributed by atoms with Gasteiger partial charge in [-0.3, -0.25) is 4.98 Å². The Morgan fingerprint density at radius 2 is 1.71 bits per heavy atom. The summed E-state index contributed by atoms with van der Waals surface area (Å²) >= 11 is 6.43. The molecule has 13 heteroatoms. The van der Waals surface area contributed by atoms with Crippen LogP contribution in [-0.4, -0.2) is 61.5 Å². The number of hydrogen-bond donors (Lipinski definition) is 4. The van der Waals surface area contributed by atoms with Gasteiger partial charge in [0.05, 0.1) is 45.0 Å². The fourth-order valence-corrected chi connectivity index (χ4v) is 4.46. The van der Waals surface area contributed by atoms with Crippen molar-refractivity contribution in [2.45, 2.75) is 6.54 Å². The van der Waals surface area contributed by atoms with Crippen LogP contribution in [-0.2, 0) is 11.3 Å². The lowest BCUT2D eigenvalue weighted by Gasteiger charge is -2.30. The van der Waals surface area contributed by atoms with Gasteiger partial charge in [-0.05, 0) is 42.0 Å². The summed E-state index contributed by atoms with van der Waals surface area (Å²) in [4.78, 5) is 27.4. The summed E-state index contributed by atoms with van der Waals surface area (Å²) < 4.78 is 16.7. The zero-order valence-electron chi connectivity index (χ0n) is 23.2. The molecule has 218 valence electrons. The van der Waals surface area contributed by atoms with Crippen molar-refractivity contribution in [1.82, 2.24) is 20.3 Å². The highest BCUT2D eigenvalue weighted by atomic mass is 35.5. The van der Waals surface area contributed by atoms with Gasteiger partial charge in [0.25, 0.3) is 0 Å². The normalized spacial score (nSPS) is 12.8. The predicted molar refractivity (Wildman–Crippen MR) is 163 cm³/mol. The number of ether oxygens (including phenoxy) is 3. The molecular weight excluding hydrogens is 560 g/mol. The first-order chi connectivity index (χ1) is 20.5. The number of methoxy groups -OCH3 is 2. The van der Waals surface area contributed by atoms with Crippen molar-refractivity contribution in [3.05, 3.63) is 77.7 Å². The predicted octanol–water partition coefficient (Wildman–Crippen LogP) is 5.19. The molecule has 5 rings (SSSR count). The molecule has 0 saturated carbocycles. The van der Waals surface area contributed by atoms with Gasteiger partial charge < -0.3 is 40.4 Å². The highest BCUT2D eigenvalue weighted by Crippen LogP contribution is 2.35. The Bertz CT molecular complexity index is 1520. The molecular formula is C29H31ClN8O4. The number of carbonyl (C=O) groups excluding carboxylic acids is 1. The van der Waals surface area contributed by atoms with Crippen molar-refractivity contribution in [3.8, 4) is 11.5 Å². The van der Waals surface area contributed by atoms with Crippen molar-refractivity contribution in [1.29, 1.82) is 0 Å². The summed E-state index contributed by atoms with van der Waals surface area (Å²) in [7, 11) is 3.18. The summed E-state index contributed by atoms with van der Waals surface area (Å²) in [5, 5.41) is 12.4. The van der Waals surface area contributed by atoms with Crippen LogP contribution in [0.3, 0.4) is 0 Å². The molecule has 1 fully saturated rings. The average Bonchev–Trinajstić information content (AvgIpc) is 3.03. The lowest BCUT2D eigenvalue weighted by Crippen LogP contribution is -2.36. The lowest BCUT2D eigenvalue weighted by atomic mass is 10.2. The minimum atomic E-state index is -0.346. The number of benzene rings is 2. The summed E-state index contributed by atoms with van der Waals surface area (Å²) in [5.74, 6) is 1.93. The summed E-state index contributed by atoms with van der Waals surface area (Å²) in [5.41, 5.74) is 3.85. The molecule has 2 aromatic heterocycles. The van der Waals surface area contributed by atoms with E-state index in [4.69, 9.17) is 25.8 Å². The van der Waals surface area contributed by atoms with Crippen molar-refractivity contribution in [2.75, 3.05) is 61.4 Å². The Morgan fingerprint density at radius 1 is 0.976 bits per heavy atom. The maximum atomic E-state index is 12.4. The first-order valence-electron chi connectivity index (χ1n) is 13.2. The Morgan fingerprint density at radius 3 is 2.48 bits per heavy atom. The van der Waals surface area contributed by atoms with Gasteiger partial charge in [0.1, 0.15) is 16.5 Å². The molecule has 42 heavy (non-hydrogen) atoms. The van der Waals surface area contributed by atoms with Crippen molar-refractivity contribution >= 4 is 52.1 Å². The number of pyridine rings is 1. The van der Waals surface area contributed by atoms with Gasteiger partial charge in [-0.2, -0.15) is 4.98 Å². The van der Waals surface area contributed by atoms with Gasteiger partial charge in [-0.1, -0.05) is 11.6 Å². The molecule has 0 spiro atoms. The van der Waals surface area contributed by atoms with Crippen LogP contribution in [0.2, 0.25) is 5.02 Å². The second-order valence-electron chi connectivity index (χ2n) is 9.20. The van der Waals surface area contributed by atoms with Crippen LogP contribution in [0.5, 0.6) is 11.5 Å². The first kappa shape index (κ1) is 28.7. The number of hydrogen-bond acceptors (Lipinski definition) is 10. The largest absolute Gasteiger partial charge is 0.495 e. The van der Waals surface area contributed by atoms with Crippen LogP contribution in [0.1, 0.15) is 5.56 Å². The van der Waals surface area contributed by atoms with E-state index in [0.29, 0.717) is 53.7 Å². The molecule has 1 aliphatic rings. The molecule has 1 aliphatic heterocycles. The van der Waals surface area contributed by atoms with Gasteiger partial charge in [0.2, 0.25) is 5.95 Å². The van der Waals surface area contributed by atoms with Crippen molar-refractivity contribution < 1.29 is 19.0 Å². The van der Waals surface area contributed by atoms with E-state index in [9.17, 15) is 4.79 Å². The summed E-state index contributed by atoms with van der Waals surface area (Å²) in [6.07, 6.45) is 4.86. The maximum absolute atomic E-state index is 12.4. The molecule has 1 saturated heterocycles. The van der Waals surface area contributed by atoms with E-state index in [2.05, 4.69) is 41.1 Å². The highest BCUT2D eigenvalue weighted by Gasteiger charge is 2.17. The number of anilines is 6. The zero-order valence-corrected chi connectivity index (χ0v) is 23.9. The van der Waals surface area contributed by atoms with Crippen LogP contribution in [0.15, 0.2) is 67.1 Å². The number of carbonyl (C=O) groups is 1. The van der Waals surface area contributed by atoms with Crippen molar-refractivity contribution in [2.24, 2.45) is 0 Å². The van der Waals surface area contributed by atoms with Crippen molar-refractivity contribution in [3.63, 3.8) is 0 Å². The maximum Gasteiger partial charge on any atom is 0.319 e. The van der Waals surface area contributed by atoms with E-state index < -0.39 is 0 Å². The molecule has 0 atom stereocenters. The van der Waals surface area contributed by atoms with Gasteiger partial charge in [0.15, 0.2) is 5.82 Å². The minimum absolute atomic E-state index is 0.299. The zero-order chi connectivity index (χ0) is 29.3. The Kier molecular flexibility index (Phi) is 9.37. The standard InChI is InChI=1S/C29H31ClN8O4/c1-40-25-15-21(35-29(39)33-17-19-7-9-31-10-8-19)3-5-23(25)36-28-32-18-22(30)27(37-28)34-20-4-6-24(26(16-20)41-2)38-11-13-42-14-12-38/h3-10,15-16,18H,11-14,17H2,1-2H3,(H2,33,35,39)(H2,32,34,36,37). The van der Waals surface area contributed by atoms with Crippen LogP contribution in [0.4, 0.5) is 39.3 Å². The smallest absolute Gasteiger partial charge is 0.319 e. The molecule has 4 N–H and O–H groups in total. The molecule has 12 nitrogen and oxygen atoms in total. The monoisotopic (exact) mass is 590 g/mol. The average molecular weight is 591 g/mol. The number of nitrogens with zero attached hydrogens (tertiary/aromatic N) is 4. The van der Waals surface area contributed by atoms with E-state index in [1.165, 1.54) is 13.3 Å². The van der Waals surface area contributed by atoms with E-state index in [1.54, 1.807) is 37.7 Å². The minimum Gasteiger partial charge on any atom is -0.495 e. The highest BCUT2D eigenvalue weighted by molar-refractivity contribution is 6.32. The third-order valence-electron chi connectivity index (χ3n) is 6.45. The number of rotatable bonds is 10. The second kappa shape index (κ2) is 13.7. The van der Waals surface area contributed by atoms with E-state index in [0.717, 1.165) is 35.8 Å². The van der Waals surface area contributed by atoms with Gasteiger partial charge in [-0.25, -0.2) is 9.78 Å². The third kappa shape index (κ3) is 7.28. The Hall–Kier alpha value is -4.81. The van der Waals surface area contributed by atoms with E-state index in [1.807, 2.05) is 30.3 Å². The van der Waals surface area contributed by atoms with Crippen LogP contribution in [0, 0.1) is 0 Å². The number of nitrogens with one attached hydrogen (secondary N) is 4. The SMILES string of the molecule is COc1cc(NC(=O)NCc2ccncc2)ccc1Nc1ncc(Cl)c(Nc2ccc(N3CCOCC3)c(OC)c2)n1. The second-order valence-corrected chi connectivity index (χ2v) is 9.61. The van der Waals surface area contributed by atoms with Crippen LogP contribution >= 0.6 is 11.6 Å². The van der Waals surface area contributed by atoms with E-state index in [-0.39, 0.29) is 6.03 Å². The Balaban J connectivity index is 1.25. The number of halogens is 1. The third-order valence-corrected chi connectivity index (χ3v) is 6.72. The quantitative estimate of drug-likeness (QED) is 0.195. The molecule has 3 heterocycles. The van der Waals surface area contributed by atoms with Gasteiger partial charge >= 0.3 is 6.03 Å². The fraction of sp³-hybridized carbons (Fsp3) is 0.241. The molecule has 0 unspecified atom stereocenters. The first-order valence-corrected chi connectivity index (χ1v) is 13.6. The molecule has 4 aromatic rings. The molecule has 2 aromatic carbocycles. The summed E-state index contributed by atoms with van der Waals surface area (Å²) in [6.45, 7) is 3.34. The van der Waals surface area contributed by atoms with Crippen LogP contribution < -0.4 is 35.6 Å². The van der Waals surface area contributed by atoms with Gasteiger partial charge in [0, 0.05) is 55.5 Å². The number of morpholine rings is 1. The van der Waals surface area contributed by atoms with Crippen LogP contribution in [0.25, 0.3) is 0 Å². The molecule has 0 bridgehead atoms. The molecule has 2 amide bonds. The Labute approximate surface area is 248 Å². The number of urea groups is 1. The molecule has 0 aliphatic carbocycles. The van der Waals surface area contributed by atoms with E-state index >= 15 is 0 Å². The topological polar surface area (TPSA) is 135 Å². The fourth-order valence-electron chi connectivity index (χ4n) is 4.32.